The number of hydrogen-bond acceptors (Lipinski definition) is 1. The van der Waals surface area contributed by atoms with Crippen molar-refractivity contribution < 1.29 is 0 Å². The zero-order chi connectivity index (χ0) is 11.1. The molecule has 0 heterocycles. The topological polar surface area (TPSA) is 50.4 Å². The third-order valence-electron chi connectivity index (χ3n) is 3.59. The maximum Gasteiger partial charge on any atom is 0.188 e. The summed E-state index contributed by atoms with van der Waals surface area (Å²) in [6, 6.07) is 0. The first kappa shape index (κ1) is 16.0. The molecule has 3 N–H and O–H groups in total. The fraction of sp³-hybridized carbons (Fsp3) is 0.917. The Labute approximate surface area is 117 Å². The van der Waals surface area contributed by atoms with Crippen LogP contribution in [0.25, 0.3) is 0 Å². The molecule has 0 aromatic rings. The van der Waals surface area contributed by atoms with Crippen LogP contribution in [-0.4, -0.2) is 19.0 Å². The number of halogens is 1. The lowest BCUT2D eigenvalue weighted by molar-refractivity contribution is 0.139. The van der Waals surface area contributed by atoms with Gasteiger partial charge in [-0.25, -0.2) is 0 Å². The Balaban J connectivity index is 0.00000225. The van der Waals surface area contributed by atoms with Gasteiger partial charge in [0, 0.05) is 13.1 Å². The van der Waals surface area contributed by atoms with E-state index in [1.54, 1.807) is 0 Å². The highest BCUT2D eigenvalue weighted by Gasteiger charge is 2.34. The lowest BCUT2D eigenvalue weighted by atomic mass is 9.67. The molecule has 1 aliphatic carbocycles. The molecule has 1 rings (SSSR count). The number of nitrogens with two attached hydrogens (primary N) is 1. The number of rotatable bonds is 6. The first-order chi connectivity index (χ1) is 7.22. The van der Waals surface area contributed by atoms with Gasteiger partial charge in [-0.3, -0.25) is 4.99 Å². The van der Waals surface area contributed by atoms with Crippen molar-refractivity contribution in [2.45, 2.75) is 52.4 Å². The second-order valence-electron chi connectivity index (χ2n) is 4.69. The van der Waals surface area contributed by atoms with Crippen molar-refractivity contribution in [1.82, 2.24) is 5.32 Å². The van der Waals surface area contributed by atoms with Crippen molar-refractivity contribution in [3.63, 3.8) is 0 Å². The maximum absolute atomic E-state index is 5.79. The molecule has 0 unspecified atom stereocenters. The molecule has 0 spiro atoms. The Morgan fingerprint density at radius 2 is 2.06 bits per heavy atom. The minimum Gasteiger partial charge on any atom is -0.370 e. The van der Waals surface area contributed by atoms with Crippen LogP contribution in [0.5, 0.6) is 0 Å². The highest BCUT2D eigenvalue weighted by atomic mass is 127. The second kappa shape index (κ2) is 8.14. The number of nitrogens with one attached hydrogen (secondary N) is 1. The van der Waals surface area contributed by atoms with Gasteiger partial charge in [0.1, 0.15) is 0 Å². The SMILES string of the molecule is CCCCNC(N)=NCC1(CC)CCC1.I. The monoisotopic (exact) mass is 339 g/mol. The molecule has 3 nitrogen and oxygen atoms in total. The summed E-state index contributed by atoms with van der Waals surface area (Å²) in [6.45, 7) is 6.30. The number of nitrogens with zero attached hydrogens (tertiary/aromatic N) is 1. The predicted octanol–water partition coefficient (Wildman–Crippen LogP) is 2.89. The Hall–Kier alpha value is 0. The fourth-order valence-electron chi connectivity index (χ4n) is 2.00. The normalized spacial score (nSPS) is 18.5. The number of hydrogen-bond donors (Lipinski definition) is 2. The molecule has 0 saturated heterocycles. The van der Waals surface area contributed by atoms with E-state index in [2.05, 4.69) is 24.2 Å². The highest BCUT2D eigenvalue weighted by Crippen LogP contribution is 2.43. The van der Waals surface area contributed by atoms with Crippen molar-refractivity contribution in [2.75, 3.05) is 13.1 Å². The quantitative estimate of drug-likeness (QED) is 0.338. The summed E-state index contributed by atoms with van der Waals surface area (Å²) < 4.78 is 0. The Morgan fingerprint density at radius 1 is 1.38 bits per heavy atom. The van der Waals surface area contributed by atoms with E-state index in [1.165, 1.54) is 32.1 Å². The Morgan fingerprint density at radius 3 is 2.50 bits per heavy atom. The van der Waals surface area contributed by atoms with E-state index in [9.17, 15) is 0 Å². The molecule has 0 bridgehead atoms. The minimum atomic E-state index is 0. The number of unbranched alkanes of at least 4 members (excludes halogenated alkanes) is 1. The second-order valence-corrected chi connectivity index (χ2v) is 4.69. The van der Waals surface area contributed by atoms with Crippen LogP contribution in [0, 0.1) is 5.41 Å². The summed E-state index contributed by atoms with van der Waals surface area (Å²) in [6.07, 6.45) is 7.62. The van der Waals surface area contributed by atoms with Crippen LogP contribution in [-0.2, 0) is 0 Å². The van der Waals surface area contributed by atoms with Gasteiger partial charge in [-0.15, -0.1) is 24.0 Å². The van der Waals surface area contributed by atoms with Gasteiger partial charge < -0.3 is 11.1 Å². The van der Waals surface area contributed by atoms with Crippen molar-refractivity contribution in [1.29, 1.82) is 0 Å². The van der Waals surface area contributed by atoms with Crippen molar-refractivity contribution in [2.24, 2.45) is 16.1 Å². The molecule has 0 aliphatic heterocycles. The summed E-state index contributed by atoms with van der Waals surface area (Å²) in [7, 11) is 0. The van der Waals surface area contributed by atoms with E-state index in [-0.39, 0.29) is 24.0 Å². The highest BCUT2D eigenvalue weighted by molar-refractivity contribution is 14.0. The van der Waals surface area contributed by atoms with E-state index in [4.69, 9.17) is 5.73 Å². The number of aliphatic imine (C=N–C) groups is 1. The summed E-state index contributed by atoms with van der Waals surface area (Å²) >= 11 is 0. The van der Waals surface area contributed by atoms with Crippen LogP contribution in [0.15, 0.2) is 4.99 Å². The maximum atomic E-state index is 5.79. The van der Waals surface area contributed by atoms with E-state index in [0.717, 1.165) is 19.5 Å². The molecule has 1 saturated carbocycles. The molecule has 16 heavy (non-hydrogen) atoms. The van der Waals surface area contributed by atoms with Crippen molar-refractivity contribution >= 4 is 29.9 Å². The Kier molecular flexibility index (Phi) is 8.14. The van der Waals surface area contributed by atoms with Gasteiger partial charge in [0.2, 0.25) is 0 Å². The van der Waals surface area contributed by atoms with Gasteiger partial charge in [0.25, 0.3) is 0 Å². The predicted molar refractivity (Wildman–Crippen MR) is 81.4 cm³/mol. The average molecular weight is 339 g/mol. The largest absolute Gasteiger partial charge is 0.370 e. The van der Waals surface area contributed by atoms with Crippen LogP contribution in [0.2, 0.25) is 0 Å². The van der Waals surface area contributed by atoms with Crippen molar-refractivity contribution in [3.05, 3.63) is 0 Å². The smallest absolute Gasteiger partial charge is 0.188 e. The van der Waals surface area contributed by atoms with Gasteiger partial charge in [0.05, 0.1) is 0 Å². The first-order valence-electron chi connectivity index (χ1n) is 6.26. The van der Waals surface area contributed by atoms with E-state index >= 15 is 0 Å². The molecule has 0 atom stereocenters. The lowest BCUT2D eigenvalue weighted by Gasteiger charge is -2.40. The summed E-state index contributed by atoms with van der Waals surface area (Å²) in [4.78, 5) is 4.44. The average Bonchev–Trinajstić information content (AvgIpc) is 2.17. The Bertz CT molecular complexity index is 207. The van der Waals surface area contributed by atoms with Crippen LogP contribution < -0.4 is 11.1 Å². The van der Waals surface area contributed by atoms with Gasteiger partial charge in [-0.05, 0) is 31.1 Å². The van der Waals surface area contributed by atoms with Crippen molar-refractivity contribution in [3.8, 4) is 0 Å². The van der Waals surface area contributed by atoms with Crippen LogP contribution in [0.4, 0.5) is 0 Å². The van der Waals surface area contributed by atoms with Gasteiger partial charge in [-0.2, -0.15) is 0 Å². The minimum absolute atomic E-state index is 0. The first-order valence-corrected chi connectivity index (χ1v) is 6.26. The summed E-state index contributed by atoms with van der Waals surface area (Å²) in [5.74, 6) is 0.628. The third kappa shape index (κ3) is 4.89. The van der Waals surface area contributed by atoms with Gasteiger partial charge >= 0.3 is 0 Å². The molecule has 0 amide bonds. The molecule has 96 valence electrons. The van der Waals surface area contributed by atoms with E-state index in [0.29, 0.717) is 11.4 Å². The van der Waals surface area contributed by atoms with Gasteiger partial charge in [-0.1, -0.05) is 26.7 Å². The molecule has 1 aliphatic rings. The lowest BCUT2D eigenvalue weighted by Crippen LogP contribution is -2.36. The third-order valence-corrected chi connectivity index (χ3v) is 3.59. The molecule has 0 aromatic heterocycles. The van der Waals surface area contributed by atoms with Crippen LogP contribution >= 0.6 is 24.0 Å². The molecule has 4 heteroatoms. The van der Waals surface area contributed by atoms with E-state index in [1.807, 2.05) is 0 Å². The van der Waals surface area contributed by atoms with Crippen LogP contribution in [0.3, 0.4) is 0 Å². The zero-order valence-corrected chi connectivity index (χ0v) is 12.9. The molecule has 0 radical (unpaired) electrons. The standard InChI is InChI=1S/C12H25N3.HI/c1-3-5-9-14-11(13)15-10-12(4-2)7-6-8-12;/h3-10H2,1-2H3,(H3,13,14,15);1H. The van der Waals surface area contributed by atoms with Crippen LogP contribution in [0.1, 0.15) is 52.4 Å². The zero-order valence-electron chi connectivity index (χ0n) is 10.6. The fourth-order valence-corrected chi connectivity index (χ4v) is 2.00. The van der Waals surface area contributed by atoms with Gasteiger partial charge in [0.15, 0.2) is 5.96 Å². The molecular formula is C12H26IN3. The summed E-state index contributed by atoms with van der Waals surface area (Å²) in [5, 5.41) is 3.16. The summed E-state index contributed by atoms with van der Waals surface area (Å²) in [5.41, 5.74) is 6.28. The molecular weight excluding hydrogens is 313 g/mol. The van der Waals surface area contributed by atoms with E-state index < -0.39 is 0 Å². The molecule has 0 aromatic carbocycles. The molecule has 1 fully saturated rings. The number of guanidine groups is 1.